The van der Waals surface area contributed by atoms with E-state index in [1.807, 2.05) is 24.3 Å². The summed E-state index contributed by atoms with van der Waals surface area (Å²) in [5.74, 6) is -0.369. The third-order valence-electron chi connectivity index (χ3n) is 4.08. The van der Waals surface area contributed by atoms with Crippen LogP contribution in [-0.2, 0) is 17.8 Å². The smallest absolute Gasteiger partial charge is 0.307 e. The number of carboxylic acid groups (broad SMARTS) is 1. The number of benzene rings is 2. The van der Waals surface area contributed by atoms with E-state index in [9.17, 15) is 4.79 Å². The van der Waals surface area contributed by atoms with Crippen molar-refractivity contribution in [3.63, 3.8) is 0 Å². The average Bonchev–Trinajstić information content (AvgIpc) is 2.79. The normalized spacial score (nSPS) is 19.2. The predicted molar refractivity (Wildman–Crippen MR) is 98.8 cm³/mol. The average molecular weight is 343 g/mol. The van der Waals surface area contributed by atoms with Crippen molar-refractivity contribution in [3.05, 3.63) is 70.8 Å². The monoisotopic (exact) mass is 343 g/mol. The summed E-state index contributed by atoms with van der Waals surface area (Å²) >= 11 is 0. The summed E-state index contributed by atoms with van der Waals surface area (Å²) in [4.78, 5) is 11.7. The first-order valence-electron chi connectivity index (χ1n) is 11.0. The Morgan fingerprint density at radius 1 is 1.28 bits per heavy atom. The summed E-state index contributed by atoms with van der Waals surface area (Å²) in [5, 5.41) is 9.15. The molecule has 1 heterocycles. The zero-order valence-corrected chi connectivity index (χ0v) is 13.7. The van der Waals surface area contributed by atoms with E-state index < -0.39 is 19.9 Å². The molecule has 130 valence electrons. The zero-order valence-electron chi connectivity index (χ0n) is 19.7. The Morgan fingerprint density at radius 2 is 2.12 bits per heavy atom. The molecule has 0 aromatic heterocycles. The fraction of sp³-hybridized carbons (Fsp3) is 0.286. The molecule has 1 N–H and O–H groups in total. The van der Waals surface area contributed by atoms with Gasteiger partial charge in [0.05, 0.1) is 6.42 Å². The standard InChI is InChI=1S/C21H23NO3/c1-22(2)11-5-8-18-17-7-4-3-6-16(17)14-25-20-10-9-15(12-19(18)20)13-21(23)24/h3-4,6-10,12H,5,11,13-14H2,1-2H3,(H,23,24)/b18-8-/i1D3,2D3. The van der Waals surface area contributed by atoms with Gasteiger partial charge in [-0.15, -0.1) is 0 Å². The van der Waals surface area contributed by atoms with Gasteiger partial charge in [0.25, 0.3) is 0 Å². The van der Waals surface area contributed by atoms with Crippen LogP contribution in [0.3, 0.4) is 0 Å². The van der Waals surface area contributed by atoms with Crippen molar-refractivity contribution in [1.82, 2.24) is 4.90 Å². The third kappa shape index (κ3) is 4.09. The third-order valence-corrected chi connectivity index (χ3v) is 4.08. The van der Waals surface area contributed by atoms with E-state index in [1.54, 1.807) is 24.3 Å². The zero-order chi connectivity index (χ0) is 22.8. The van der Waals surface area contributed by atoms with E-state index in [1.165, 1.54) is 0 Å². The van der Waals surface area contributed by atoms with Crippen LogP contribution in [-0.4, -0.2) is 36.5 Å². The van der Waals surface area contributed by atoms with Gasteiger partial charge in [0.1, 0.15) is 12.4 Å². The van der Waals surface area contributed by atoms with Crippen LogP contribution in [0.5, 0.6) is 5.75 Å². The minimum Gasteiger partial charge on any atom is -0.488 e. The van der Waals surface area contributed by atoms with E-state index in [-0.39, 0.29) is 19.4 Å². The summed E-state index contributed by atoms with van der Waals surface area (Å²) in [6, 6.07) is 12.8. The molecule has 2 aromatic rings. The summed E-state index contributed by atoms with van der Waals surface area (Å²) in [7, 11) is 0. The Balaban J connectivity index is 2.02. The molecule has 1 aliphatic rings. The number of hydrogen-bond donors (Lipinski definition) is 1. The van der Waals surface area contributed by atoms with E-state index in [0.29, 0.717) is 28.4 Å². The van der Waals surface area contributed by atoms with E-state index in [4.69, 9.17) is 18.1 Å². The van der Waals surface area contributed by atoms with E-state index in [0.717, 1.165) is 16.7 Å². The summed E-state index contributed by atoms with van der Waals surface area (Å²) in [5.41, 5.74) is 3.85. The molecule has 4 nitrogen and oxygen atoms in total. The molecular weight excluding hydrogens is 314 g/mol. The lowest BCUT2D eigenvalue weighted by molar-refractivity contribution is -0.136. The fourth-order valence-corrected chi connectivity index (χ4v) is 2.97. The van der Waals surface area contributed by atoms with Gasteiger partial charge in [-0.25, -0.2) is 0 Å². The van der Waals surface area contributed by atoms with Crippen LogP contribution in [0.25, 0.3) is 5.57 Å². The van der Waals surface area contributed by atoms with Gasteiger partial charge in [-0.05, 0) is 54.8 Å². The summed E-state index contributed by atoms with van der Waals surface area (Å²) in [6.07, 6.45) is 1.82. The van der Waals surface area contributed by atoms with Gasteiger partial charge in [-0.2, -0.15) is 0 Å². The SMILES string of the molecule is [2H]C([2H])([2H])N(CC/C=C1/c2ccccc2COc2ccc(CC(=O)O)cc21)C([2H])([2H])[2H]. The van der Waals surface area contributed by atoms with Crippen molar-refractivity contribution in [3.8, 4) is 5.75 Å². The number of nitrogens with zero attached hydrogens (tertiary/aromatic N) is 1. The highest BCUT2D eigenvalue weighted by Crippen LogP contribution is 2.37. The second kappa shape index (κ2) is 7.53. The Morgan fingerprint density at radius 3 is 2.92 bits per heavy atom. The van der Waals surface area contributed by atoms with Crippen LogP contribution in [0.15, 0.2) is 48.5 Å². The number of rotatable bonds is 5. The number of fused-ring (bicyclic) bond motifs is 2. The molecule has 0 atom stereocenters. The van der Waals surface area contributed by atoms with Crippen LogP contribution in [0, 0.1) is 0 Å². The Bertz CT molecular complexity index is 983. The first-order valence-corrected chi connectivity index (χ1v) is 8.01. The molecule has 0 spiro atoms. The molecule has 2 aromatic carbocycles. The molecule has 0 fully saturated rings. The highest BCUT2D eigenvalue weighted by molar-refractivity contribution is 5.85. The largest absolute Gasteiger partial charge is 0.488 e. The first kappa shape index (κ1) is 11.1. The van der Waals surface area contributed by atoms with Gasteiger partial charge < -0.3 is 14.7 Å². The van der Waals surface area contributed by atoms with Gasteiger partial charge >= 0.3 is 5.97 Å². The first-order chi connectivity index (χ1) is 14.5. The van der Waals surface area contributed by atoms with Gasteiger partial charge in [-0.3, -0.25) is 4.79 Å². The second-order valence-corrected chi connectivity index (χ2v) is 5.90. The van der Waals surface area contributed by atoms with Gasteiger partial charge in [0, 0.05) is 20.3 Å². The number of aliphatic carboxylic acids is 1. The van der Waals surface area contributed by atoms with Crippen LogP contribution in [0.4, 0.5) is 0 Å². The van der Waals surface area contributed by atoms with Crippen molar-refractivity contribution in [2.75, 3.05) is 20.5 Å². The van der Waals surface area contributed by atoms with Gasteiger partial charge in [-0.1, -0.05) is 36.4 Å². The predicted octanol–water partition coefficient (Wildman–Crippen LogP) is 3.59. The Hall–Kier alpha value is -2.59. The van der Waals surface area contributed by atoms with Crippen molar-refractivity contribution < 1.29 is 22.9 Å². The molecule has 0 radical (unpaired) electrons. The van der Waals surface area contributed by atoms with Crippen LogP contribution in [0.1, 0.15) is 36.9 Å². The highest BCUT2D eigenvalue weighted by Gasteiger charge is 2.19. The molecular formula is C21H23NO3. The van der Waals surface area contributed by atoms with Gasteiger partial charge in [0.2, 0.25) is 0 Å². The maximum Gasteiger partial charge on any atom is 0.307 e. The number of hydrogen-bond acceptors (Lipinski definition) is 3. The Kier molecular flexibility index (Phi) is 3.35. The molecule has 0 amide bonds. The lowest BCUT2D eigenvalue weighted by atomic mass is 9.92. The molecule has 3 rings (SSSR count). The summed E-state index contributed by atoms with van der Waals surface area (Å²) in [6.45, 7) is -5.36. The molecule has 25 heavy (non-hydrogen) atoms. The van der Waals surface area contributed by atoms with Crippen LogP contribution in [0.2, 0.25) is 0 Å². The van der Waals surface area contributed by atoms with Crippen molar-refractivity contribution >= 4 is 11.5 Å². The molecule has 0 unspecified atom stereocenters. The van der Waals surface area contributed by atoms with Gasteiger partial charge in [0.15, 0.2) is 0 Å². The lowest BCUT2D eigenvalue weighted by Gasteiger charge is -2.13. The topological polar surface area (TPSA) is 49.8 Å². The molecule has 4 heteroatoms. The van der Waals surface area contributed by atoms with E-state index in [2.05, 4.69) is 0 Å². The molecule has 1 aliphatic heterocycles. The quantitative estimate of drug-likeness (QED) is 0.901. The van der Waals surface area contributed by atoms with E-state index >= 15 is 0 Å². The minimum atomic E-state index is -2.75. The number of carbonyl (C=O) groups is 1. The Labute approximate surface area is 156 Å². The van der Waals surface area contributed by atoms with Crippen molar-refractivity contribution in [2.24, 2.45) is 0 Å². The maximum absolute atomic E-state index is 11.2. The number of ether oxygens (including phenoxy) is 1. The maximum atomic E-state index is 11.2. The molecule has 0 bridgehead atoms. The number of carboxylic acids is 1. The van der Waals surface area contributed by atoms with Crippen molar-refractivity contribution in [1.29, 1.82) is 0 Å². The molecule has 0 saturated heterocycles. The second-order valence-electron chi connectivity index (χ2n) is 5.90. The minimum absolute atomic E-state index is 0.145. The van der Waals surface area contributed by atoms with Crippen LogP contribution >= 0.6 is 0 Å². The molecule has 0 aliphatic carbocycles. The highest BCUT2D eigenvalue weighted by atomic mass is 16.5. The molecule has 0 saturated carbocycles. The van der Waals surface area contributed by atoms with Crippen molar-refractivity contribution in [2.45, 2.75) is 19.4 Å². The van der Waals surface area contributed by atoms with Crippen LogP contribution < -0.4 is 4.74 Å². The fourth-order valence-electron chi connectivity index (χ4n) is 2.97. The lowest BCUT2D eigenvalue weighted by Crippen LogP contribution is -2.12. The summed E-state index contributed by atoms with van der Waals surface area (Å²) < 4.78 is 51.1.